The topological polar surface area (TPSA) is 49.1 Å². The molecule has 3 N–H and O–H groups in total. The number of ether oxygens (including phenoxy) is 1. The molecule has 0 saturated carbocycles. The van der Waals surface area contributed by atoms with Gasteiger partial charge in [0.15, 0.2) is 5.11 Å². The Kier molecular flexibility index (Phi) is 5.46. The summed E-state index contributed by atoms with van der Waals surface area (Å²) in [6.07, 6.45) is 0.851. The van der Waals surface area contributed by atoms with Gasteiger partial charge in [-0.2, -0.15) is 0 Å². The number of aromatic amines is 1. The van der Waals surface area contributed by atoms with Gasteiger partial charge in [0.25, 0.3) is 0 Å². The molecule has 0 aliphatic carbocycles. The second-order valence-electron chi connectivity index (χ2n) is 5.75. The van der Waals surface area contributed by atoms with Crippen molar-refractivity contribution >= 4 is 45.5 Å². The lowest BCUT2D eigenvalue weighted by molar-refractivity contribution is 0.415. The summed E-state index contributed by atoms with van der Waals surface area (Å²) in [4.78, 5) is 3.41. The van der Waals surface area contributed by atoms with Crippen molar-refractivity contribution < 1.29 is 4.74 Å². The summed E-state index contributed by atoms with van der Waals surface area (Å²) < 4.78 is 5.33. The van der Waals surface area contributed by atoms with Crippen LogP contribution < -0.4 is 15.4 Å². The van der Waals surface area contributed by atoms with Crippen molar-refractivity contribution in [3.05, 3.63) is 58.7 Å². The Morgan fingerprint density at radius 1 is 1.24 bits per heavy atom. The summed E-state index contributed by atoms with van der Waals surface area (Å²) in [5.74, 6) is 0.858. The van der Waals surface area contributed by atoms with Crippen LogP contribution in [0.2, 0.25) is 5.02 Å². The molecule has 0 amide bonds. The molecule has 130 valence electrons. The third-order valence-electron chi connectivity index (χ3n) is 4.11. The molecule has 1 aromatic heterocycles. The molecule has 6 heteroatoms. The Bertz CT molecular complexity index is 907. The highest BCUT2D eigenvalue weighted by molar-refractivity contribution is 7.80. The van der Waals surface area contributed by atoms with E-state index in [-0.39, 0.29) is 0 Å². The highest BCUT2D eigenvalue weighted by Gasteiger charge is 2.10. The Labute approximate surface area is 157 Å². The molecule has 0 aliphatic rings. The van der Waals surface area contributed by atoms with Gasteiger partial charge in [0.05, 0.1) is 17.8 Å². The highest BCUT2D eigenvalue weighted by atomic mass is 35.5. The summed E-state index contributed by atoms with van der Waals surface area (Å²) in [5, 5.41) is 8.74. The first-order valence-electron chi connectivity index (χ1n) is 8.03. The molecule has 25 heavy (non-hydrogen) atoms. The highest BCUT2D eigenvalue weighted by Crippen LogP contribution is 2.26. The Morgan fingerprint density at radius 2 is 2.04 bits per heavy atom. The van der Waals surface area contributed by atoms with E-state index in [0.717, 1.165) is 35.6 Å². The summed E-state index contributed by atoms with van der Waals surface area (Å²) in [5.41, 5.74) is 4.34. The second kappa shape index (κ2) is 7.76. The zero-order valence-corrected chi connectivity index (χ0v) is 15.7. The van der Waals surface area contributed by atoms with Gasteiger partial charge >= 0.3 is 0 Å². The number of nitrogens with one attached hydrogen (secondary N) is 3. The normalized spacial score (nSPS) is 10.7. The van der Waals surface area contributed by atoms with Crippen LogP contribution in [0.3, 0.4) is 0 Å². The first-order valence-corrected chi connectivity index (χ1v) is 8.81. The van der Waals surface area contributed by atoms with Crippen molar-refractivity contribution in [3.8, 4) is 5.75 Å². The van der Waals surface area contributed by atoms with Gasteiger partial charge in [0.1, 0.15) is 5.75 Å². The number of benzene rings is 2. The van der Waals surface area contributed by atoms with Gasteiger partial charge in [-0.3, -0.25) is 0 Å². The number of methoxy groups -OCH3 is 1. The van der Waals surface area contributed by atoms with Crippen molar-refractivity contribution in [3.63, 3.8) is 0 Å². The maximum atomic E-state index is 6.13. The van der Waals surface area contributed by atoms with Crippen LogP contribution in [0.15, 0.2) is 42.5 Å². The smallest absolute Gasteiger partial charge is 0.170 e. The molecule has 0 unspecified atom stereocenters. The molecule has 4 nitrogen and oxygen atoms in total. The molecule has 2 aromatic carbocycles. The van der Waals surface area contributed by atoms with Crippen LogP contribution in [0.1, 0.15) is 11.3 Å². The summed E-state index contributed by atoms with van der Waals surface area (Å²) >= 11 is 11.5. The average Bonchev–Trinajstić information content (AvgIpc) is 2.92. The lowest BCUT2D eigenvalue weighted by Gasteiger charge is -2.11. The van der Waals surface area contributed by atoms with E-state index in [2.05, 4.69) is 28.6 Å². The van der Waals surface area contributed by atoms with Crippen LogP contribution >= 0.6 is 23.8 Å². The van der Waals surface area contributed by atoms with E-state index in [0.29, 0.717) is 10.1 Å². The maximum Gasteiger partial charge on any atom is 0.170 e. The molecule has 3 rings (SSSR count). The Balaban J connectivity index is 1.64. The minimum absolute atomic E-state index is 0.558. The van der Waals surface area contributed by atoms with Crippen LogP contribution in [0.5, 0.6) is 5.75 Å². The molecule has 0 aliphatic heterocycles. The average molecular weight is 374 g/mol. The molecule has 1 heterocycles. The Hall–Kier alpha value is -2.24. The molecular formula is C19H20ClN3OS. The molecule has 0 spiro atoms. The summed E-state index contributed by atoms with van der Waals surface area (Å²) in [6, 6.07) is 13.6. The van der Waals surface area contributed by atoms with Crippen LogP contribution in [0, 0.1) is 6.92 Å². The van der Waals surface area contributed by atoms with Gasteiger partial charge < -0.3 is 20.4 Å². The van der Waals surface area contributed by atoms with Gasteiger partial charge in [-0.05, 0) is 61.5 Å². The third kappa shape index (κ3) is 4.06. The second-order valence-corrected chi connectivity index (χ2v) is 6.57. The van der Waals surface area contributed by atoms with Crippen LogP contribution in [-0.2, 0) is 6.42 Å². The van der Waals surface area contributed by atoms with Gasteiger partial charge in [0.2, 0.25) is 0 Å². The van der Waals surface area contributed by atoms with E-state index in [1.807, 2.05) is 36.4 Å². The van der Waals surface area contributed by atoms with Crippen molar-refractivity contribution in [1.82, 2.24) is 10.3 Å². The zero-order valence-electron chi connectivity index (χ0n) is 14.2. The largest absolute Gasteiger partial charge is 0.497 e. The maximum absolute atomic E-state index is 6.13. The molecular weight excluding hydrogens is 354 g/mol. The van der Waals surface area contributed by atoms with Crippen LogP contribution in [0.4, 0.5) is 5.69 Å². The number of thiocarbonyl (C=S) groups is 1. The summed E-state index contributed by atoms with van der Waals surface area (Å²) in [7, 11) is 1.68. The standard InChI is InChI=1S/C19H20ClN3OS/c1-12-14(15-11-13(24-2)7-8-17(15)22-12)9-10-21-19(25)23-18-6-4-3-5-16(18)20/h3-8,11,22H,9-10H2,1-2H3,(H2,21,23,25). The SMILES string of the molecule is COc1ccc2[nH]c(C)c(CCNC(=S)Nc3ccccc3Cl)c2c1. The predicted octanol–water partition coefficient (Wildman–Crippen LogP) is 4.67. The molecule has 3 aromatic rings. The molecule has 0 radical (unpaired) electrons. The minimum Gasteiger partial charge on any atom is -0.497 e. The number of anilines is 1. The fraction of sp³-hybridized carbons (Fsp3) is 0.211. The number of para-hydroxylation sites is 1. The zero-order chi connectivity index (χ0) is 17.8. The monoisotopic (exact) mass is 373 g/mol. The fourth-order valence-electron chi connectivity index (χ4n) is 2.84. The van der Waals surface area contributed by atoms with Crippen LogP contribution in [-0.4, -0.2) is 23.8 Å². The number of rotatable bonds is 5. The van der Waals surface area contributed by atoms with Crippen molar-refractivity contribution in [2.75, 3.05) is 19.0 Å². The van der Waals surface area contributed by atoms with Gasteiger partial charge in [-0.25, -0.2) is 0 Å². The van der Waals surface area contributed by atoms with Gasteiger partial charge in [-0.15, -0.1) is 0 Å². The number of hydrogen-bond acceptors (Lipinski definition) is 2. The third-order valence-corrected chi connectivity index (χ3v) is 4.69. The molecule has 0 fully saturated rings. The van der Waals surface area contributed by atoms with Crippen LogP contribution in [0.25, 0.3) is 10.9 Å². The first-order chi connectivity index (χ1) is 12.1. The molecule has 0 saturated heterocycles. The van der Waals surface area contributed by atoms with Crippen molar-refractivity contribution in [2.45, 2.75) is 13.3 Å². The predicted molar refractivity (Wildman–Crippen MR) is 109 cm³/mol. The lowest BCUT2D eigenvalue weighted by Crippen LogP contribution is -2.30. The number of H-pyrrole nitrogens is 1. The van der Waals surface area contributed by atoms with E-state index in [1.165, 1.54) is 10.9 Å². The van der Waals surface area contributed by atoms with E-state index >= 15 is 0 Å². The molecule has 0 bridgehead atoms. The van der Waals surface area contributed by atoms with E-state index < -0.39 is 0 Å². The number of aromatic nitrogens is 1. The summed E-state index contributed by atoms with van der Waals surface area (Å²) in [6.45, 7) is 2.81. The van der Waals surface area contributed by atoms with Crippen molar-refractivity contribution in [2.24, 2.45) is 0 Å². The number of hydrogen-bond donors (Lipinski definition) is 3. The number of fused-ring (bicyclic) bond motifs is 1. The number of halogens is 1. The van der Waals surface area contributed by atoms with Gasteiger partial charge in [-0.1, -0.05) is 23.7 Å². The number of aryl methyl sites for hydroxylation is 1. The fourth-order valence-corrected chi connectivity index (χ4v) is 3.24. The van der Waals surface area contributed by atoms with Gasteiger partial charge in [0, 0.05) is 23.1 Å². The minimum atomic E-state index is 0.558. The first kappa shape index (κ1) is 17.6. The van der Waals surface area contributed by atoms with Crippen molar-refractivity contribution in [1.29, 1.82) is 0 Å². The quantitative estimate of drug-likeness (QED) is 0.569. The van der Waals surface area contributed by atoms with E-state index in [1.54, 1.807) is 7.11 Å². The lowest BCUT2D eigenvalue weighted by atomic mass is 10.1. The van der Waals surface area contributed by atoms with E-state index in [9.17, 15) is 0 Å². The molecule has 0 atom stereocenters. The Morgan fingerprint density at radius 3 is 2.80 bits per heavy atom. The van der Waals surface area contributed by atoms with E-state index in [4.69, 9.17) is 28.6 Å².